The molecule has 3 aliphatic heterocycles. The van der Waals surface area contributed by atoms with Gasteiger partial charge < -0.3 is 57.2 Å². The van der Waals surface area contributed by atoms with E-state index in [9.17, 15) is 0 Å². The Bertz CT molecular complexity index is 890. The topological polar surface area (TPSA) is 178 Å². The van der Waals surface area contributed by atoms with Crippen LogP contribution in [0.2, 0.25) is 42.3 Å². The Morgan fingerprint density at radius 1 is 0.383 bits per heavy atom. The number of hydrogen-bond acceptors (Lipinski definition) is 13. The maximum absolute atomic E-state index is 15.2. The fourth-order valence-electron chi connectivity index (χ4n) is 6.54. The van der Waals surface area contributed by atoms with Crippen LogP contribution < -0.4 is 20.1 Å². The summed E-state index contributed by atoms with van der Waals surface area (Å²) in [6.45, 7) is 23.5. The van der Waals surface area contributed by atoms with Crippen molar-refractivity contribution in [1.29, 1.82) is 0 Å². The summed E-state index contributed by atoms with van der Waals surface area (Å²) in [7, 11) is -30.7. The van der Waals surface area contributed by atoms with Gasteiger partial charge in [0.2, 0.25) is 26.4 Å². The summed E-state index contributed by atoms with van der Waals surface area (Å²) in [5.74, 6) is -0.668. The maximum Gasteiger partial charge on any atom is 0.478 e. The molecule has 0 radical (unpaired) electrons. The molecule has 0 aromatic heterocycles. The van der Waals surface area contributed by atoms with Gasteiger partial charge in [0.05, 0.1) is 0 Å². The molecule has 0 amide bonds. The predicted molar refractivity (Wildman–Crippen MR) is 186 cm³/mol. The van der Waals surface area contributed by atoms with Gasteiger partial charge in [0.15, 0.2) is 0 Å². The third-order valence-electron chi connectivity index (χ3n) is 7.44. The molecule has 4 bridgehead atoms. The lowest BCUT2D eigenvalue weighted by atomic mass is 10.3. The largest absolute Gasteiger partial charge is 0.817 e. The quantitative estimate of drug-likeness (QED) is 0.240. The van der Waals surface area contributed by atoms with Crippen molar-refractivity contribution in [3.05, 3.63) is 0 Å². The highest BCUT2D eigenvalue weighted by Gasteiger charge is 2.72. The van der Waals surface area contributed by atoms with Gasteiger partial charge in [-0.1, -0.05) is 83.1 Å². The van der Waals surface area contributed by atoms with Crippen molar-refractivity contribution < 1.29 is 51.4 Å². The molecule has 0 aliphatic carbocycles. The Morgan fingerprint density at radius 2 is 0.617 bits per heavy atom. The van der Waals surface area contributed by atoms with Crippen LogP contribution in [-0.2, 0) is 37.0 Å². The van der Waals surface area contributed by atoms with E-state index in [2.05, 4.69) is 0 Å². The first-order valence-electron chi connectivity index (χ1n) is 17.5. The molecular formula is C27H62NO12Si7-3. The fraction of sp³-hybridized carbons (Fsp3) is 1.00. The lowest BCUT2D eigenvalue weighted by molar-refractivity contribution is -0.283. The second-order valence-electron chi connectivity index (χ2n) is 16.2. The molecule has 0 aromatic rings. The van der Waals surface area contributed by atoms with E-state index in [0.717, 1.165) is 0 Å². The number of hydrogen-bond donors (Lipinski definition) is 1. The zero-order chi connectivity index (χ0) is 35.7. The lowest BCUT2D eigenvalue weighted by Gasteiger charge is -2.63. The lowest BCUT2D eigenvalue weighted by Crippen LogP contribution is -2.86. The summed E-state index contributed by atoms with van der Waals surface area (Å²) in [5, 5.41) is 0. The van der Waals surface area contributed by atoms with Crippen molar-refractivity contribution in [2.45, 2.75) is 132 Å². The molecule has 47 heavy (non-hydrogen) atoms. The summed E-state index contributed by atoms with van der Waals surface area (Å²) in [6, 6.07) is 0.727. The van der Waals surface area contributed by atoms with E-state index in [4.69, 9.17) is 42.8 Å². The minimum absolute atomic E-state index is 0.00722. The van der Waals surface area contributed by atoms with Gasteiger partial charge in [0, 0.05) is 24.2 Å². The summed E-state index contributed by atoms with van der Waals surface area (Å²) < 4.78 is 61.8. The van der Waals surface area contributed by atoms with E-state index in [1.54, 1.807) is 0 Å². The van der Waals surface area contributed by atoms with Gasteiger partial charge in [-0.15, -0.1) is 0 Å². The minimum atomic E-state index is -4.59. The van der Waals surface area contributed by atoms with Crippen LogP contribution in [0.25, 0.3) is 0 Å². The molecule has 13 nitrogen and oxygen atoms in total. The first-order chi connectivity index (χ1) is 21.4. The Hall–Kier alpha value is 0.998. The summed E-state index contributed by atoms with van der Waals surface area (Å²) in [5.41, 5.74) is 6.08. The van der Waals surface area contributed by atoms with E-state index >= 15 is 14.4 Å². The number of nitrogens with two attached hydrogens (primary N) is 1. The predicted octanol–water partition coefficient (Wildman–Crippen LogP) is 3.11. The SMILES string of the molecule is CC(C)C[Si]1([O-])O[Si]2(CC(C)C)O[Si]([O-])(CC(C)C)O[Si]3(CC(C)C)O[Si]([O-])(CC(C)C)O[Si](CC(C)C)(O1)O[Si](CCCN)(O2)O3. The molecular weight excluding hydrogens is 727 g/mol. The van der Waals surface area contributed by atoms with E-state index in [1.165, 1.54) is 0 Å². The zero-order valence-corrected chi connectivity index (χ0v) is 37.8. The molecule has 0 spiro atoms. The normalized spacial score (nSPS) is 40.0. The van der Waals surface area contributed by atoms with Crippen molar-refractivity contribution in [3.63, 3.8) is 0 Å². The Labute approximate surface area is 291 Å². The van der Waals surface area contributed by atoms with Crippen molar-refractivity contribution >= 4 is 61.6 Å². The molecule has 0 unspecified atom stereocenters. The van der Waals surface area contributed by atoms with Gasteiger partial charge in [-0.05, 0) is 66.6 Å². The van der Waals surface area contributed by atoms with Gasteiger partial charge in [0.1, 0.15) is 0 Å². The van der Waals surface area contributed by atoms with E-state index in [1.807, 2.05) is 83.1 Å². The van der Waals surface area contributed by atoms with Gasteiger partial charge in [-0.25, -0.2) is 0 Å². The second-order valence-corrected chi connectivity index (χ2v) is 36.0. The van der Waals surface area contributed by atoms with Crippen LogP contribution in [-0.4, -0.2) is 68.2 Å². The molecule has 20 heteroatoms. The maximum atomic E-state index is 15.2. The van der Waals surface area contributed by atoms with Crippen LogP contribution in [0.15, 0.2) is 0 Å². The molecule has 3 saturated heterocycles. The number of fused-ring (bicyclic) bond motifs is 3. The molecule has 3 aliphatic rings. The van der Waals surface area contributed by atoms with Crippen LogP contribution in [0, 0.1) is 35.5 Å². The van der Waals surface area contributed by atoms with Gasteiger partial charge >= 0.3 is 35.2 Å². The first kappa shape index (κ1) is 42.4. The molecule has 2 N–H and O–H groups in total. The van der Waals surface area contributed by atoms with Gasteiger partial charge in [-0.3, -0.25) is 0 Å². The highest BCUT2D eigenvalue weighted by molar-refractivity contribution is 6.97. The van der Waals surface area contributed by atoms with Crippen LogP contribution in [0.1, 0.15) is 89.5 Å². The smallest absolute Gasteiger partial charge is 0.478 e. The average Bonchev–Trinajstić information content (AvgIpc) is 2.75. The van der Waals surface area contributed by atoms with Crippen LogP contribution in [0.5, 0.6) is 0 Å². The molecule has 3 rings (SSSR count). The van der Waals surface area contributed by atoms with Crippen molar-refractivity contribution in [2.75, 3.05) is 6.54 Å². The molecule has 0 saturated carbocycles. The van der Waals surface area contributed by atoms with Gasteiger partial charge in [-0.2, -0.15) is 0 Å². The third kappa shape index (κ3) is 11.7. The Morgan fingerprint density at radius 3 is 0.809 bits per heavy atom. The highest BCUT2D eigenvalue weighted by atomic mass is 28.6. The summed E-state index contributed by atoms with van der Waals surface area (Å²) >= 11 is 0. The first-order valence-corrected chi connectivity index (χ1v) is 31.1. The zero-order valence-electron chi connectivity index (χ0n) is 30.8. The second kappa shape index (κ2) is 15.9. The summed E-state index contributed by atoms with van der Waals surface area (Å²) in [4.78, 5) is 45.7. The fourth-order valence-corrected chi connectivity index (χ4v) is 44.6. The van der Waals surface area contributed by atoms with E-state index < -0.39 is 61.6 Å². The molecule has 0 aromatic carbocycles. The standard InChI is InChI=1S/C27H62NO12Si7/c1-22(2)16-41(29)32-45(19-25(7)8)34-42(30,17-23(3)4)36-47(21-27(11)12)37-43(31,18-24(5)6)35-46(33-41,20-26(9)10)39-44(38-45,40-47)15-13-14-28/h22-27H,13-21,28H2,1-12H3/q-3. The van der Waals surface area contributed by atoms with Crippen LogP contribution in [0.4, 0.5) is 0 Å². The molecule has 3 fully saturated rings. The number of rotatable bonds is 15. The average molecular weight is 789 g/mol. The van der Waals surface area contributed by atoms with E-state index in [-0.39, 0.29) is 77.8 Å². The van der Waals surface area contributed by atoms with Crippen molar-refractivity contribution in [3.8, 4) is 0 Å². The van der Waals surface area contributed by atoms with Crippen molar-refractivity contribution in [2.24, 2.45) is 41.2 Å². The minimum Gasteiger partial charge on any atom is -0.817 e. The third-order valence-corrected chi connectivity index (χ3v) is 38.7. The Balaban J connectivity index is 2.50. The Kier molecular flexibility index (Phi) is 14.4. The highest BCUT2D eigenvalue weighted by Crippen LogP contribution is 2.48. The van der Waals surface area contributed by atoms with E-state index in [0.29, 0.717) is 13.0 Å². The van der Waals surface area contributed by atoms with Crippen LogP contribution in [0.3, 0.4) is 0 Å². The molecule has 0 atom stereocenters. The van der Waals surface area contributed by atoms with Crippen molar-refractivity contribution in [1.82, 2.24) is 0 Å². The van der Waals surface area contributed by atoms with Gasteiger partial charge in [0.25, 0.3) is 0 Å². The monoisotopic (exact) mass is 788 g/mol. The molecule has 3 heterocycles. The summed E-state index contributed by atoms with van der Waals surface area (Å²) in [6.07, 6.45) is 0.431. The molecule has 278 valence electrons. The van der Waals surface area contributed by atoms with Crippen LogP contribution >= 0.6 is 0 Å².